The molecule has 222 valence electrons. The van der Waals surface area contributed by atoms with Gasteiger partial charge in [-0.1, -0.05) is 37.1 Å². The van der Waals surface area contributed by atoms with Crippen molar-refractivity contribution in [3.8, 4) is 0 Å². The van der Waals surface area contributed by atoms with Gasteiger partial charge in [-0.2, -0.15) is 5.10 Å². The number of amides is 2. The molecule has 8 nitrogen and oxygen atoms in total. The van der Waals surface area contributed by atoms with Crippen molar-refractivity contribution in [2.24, 2.45) is 11.8 Å². The molecule has 2 saturated heterocycles. The minimum absolute atomic E-state index is 0.0392. The summed E-state index contributed by atoms with van der Waals surface area (Å²) in [5.41, 5.74) is 4.00. The molecule has 2 aliphatic heterocycles. The summed E-state index contributed by atoms with van der Waals surface area (Å²) in [5.74, 6) is -1.77. The molecule has 3 aromatic carbocycles. The van der Waals surface area contributed by atoms with E-state index in [1.165, 1.54) is 18.9 Å². The lowest BCUT2D eigenvalue weighted by molar-refractivity contribution is -0.124. The number of fused-ring (bicyclic) bond motifs is 2. The van der Waals surface area contributed by atoms with Gasteiger partial charge in [-0.15, -0.1) is 0 Å². The van der Waals surface area contributed by atoms with E-state index < -0.39 is 23.7 Å². The summed E-state index contributed by atoms with van der Waals surface area (Å²) in [6, 6.07) is 17.9. The topological polar surface area (TPSA) is 99.4 Å². The van der Waals surface area contributed by atoms with Crippen LogP contribution in [0.25, 0.3) is 10.9 Å². The highest BCUT2D eigenvalue weighted by Crippen LogP contribution is 2.46. The van der Waals surface area contributed by atoms with Crippen LogP contribution in [-0.2, 0) is 9.53 Å². The minimum atomic E-state index is -0.604. The van der Waals surface area contributed by atoms with Crippen LogP contribution in [0.15, 0.2) is 66.9 Å². The predicted octanol–water partition coefficient (Wildman–Crippen LogP) is 6.22. The van der Waals surface area contributed by atoms with Crippen molar-refractivity contribution in [3.63, 3.8) is 0 Å². The molecular weight excluding hydrogens is 545 g/mol. The standard InChI is InChI=1S/C34H36FN5O3/c1-20-5-4-8-28(35)31(20)34(42)40-30-19-43-18-23(30)16-27(33(41)38-26-13-14-29-22(15-26)17-36-39-29)32(40)21-9-11-25(12-10-21)37-24-6-2-3-7-24/h4-5,8-15,17,23-24,27,30,32,37H,2-3,6-7,16,18-19H2,1H3,(H,36,39)(H,38,41). The molecule has 1 saturated carbocycles. The number of anilines is 2. The summed E-state index contributed by atoms with van der Waals surface area (Å²) in [6.07, 6.45) is 7.05. The number of rotatable bonds is 6. The van der Waals surface area contributed by atoms with Gasteiger partial charge in [-0.05, 0) is 73.7 Å². The smallest absolute Gasteiger partial charge is 0.257 e. The number of carbonyl (C=O) groups is 2. The Morgan fingerprint density at radius 1 is 1.02 bits per heavy atom. The van der Waals surface area contributed by atoms with Crippen molar-refractivity contribution < 1.29 is 18.7 Å². The van der Waals surface area contributed by atoms with E-state index in [0.29, 0.717) is 36.9 Å². The number of aryl methyl sites for hydroxylation is 1. The van der Waals surface area contributed by atoms with Gasteiger partial charge in [0.25, 0.3) is 5.91 Å². The summed E-state index contributed by atoms with van der Waals surface area (Å²) in [5, 5.41) is 14.6. The Kier molecular flexibility index (Phi) is 7.34. The Hall–Kier alpha value is -4.24. The molecule has 1 aliphatic carbocycles. The van der Waals surface area contributed by atoms with Crippen molar-refractivity contribution in [1.82, 2.24) is 15.1 Å². The number of halogens is 1. The maximum Gasteiger partial charge on any atom is 0.257 e. The number of nitrogens with one attached hydrogen (secondary N) is 3. The summed E-state index contributed by atoms with van der Waals surface area (Å²) >= 11 is 0. The average Bonchev–Trinajstić information content (AvgIpc) is 3.78. The van der Waals surface area contributed by atoms with Crippen LogP contribution in [0.4, 0.5) is 15.8 Å². The molecule has 3 aliphatic rings. The van der Waals surface area contributed by atoms with E-state index in [4.69, 9.17) is 4.74 Å². The van der Waals surface area contributed by atoms with E-state index in [9.17, 15) is 9.59 Å². The number of aromatic amines is 1. The SMILES string of the molecule is Cc1cccc(F)c1C(=O)N1C2COCC2CC(C(=O)Nc2ccc3[nH]ncc3c2)C1c1ccc(NC2CCCC2)cc1. The highest BCUT2D eigenvalue weighted by molar-refractivity contribution is 5.99. The summed E-state index contributed by atoms with van der Waals surface area (Å²) in [7, 11) is 0. The van der Waals surface area contributed by atoms with Crippen LogP contribution in [-0.4, -0.2) is 52.2 Å². The molecule has 0 bridgehead atoms. The molecule has 4 unspecified atom stereocenters. The van der Waals surface area contributed by atoms with Crippen molar-refractivity contribution in [2.75, 3.05) is 23.8 Å². The number of piperidine rings is 1. The lowest BCUT2D eigenvalue weighted by Gasteiger charge is -2.47. The van der Waals surface area contributed by atoms with Crippen molar-refractivity contribution in [1.29, 1.82) is 0 Å². The van der Waals surface area contributed by atoms with Gasteiger partial charge < -0.3 is 20.3 Å². The molecule has 3 N–H and O–H groups in total. The first-order chi connectivity index (χ1) is 21.0. The van der Waals surface area contributed by atoms with Gasteiger partial charge in [-0.25, -0.2) is 4.39 Å². The molecule has 43 heavy (non-hydrogen) atoms. The zero-order chi connectivity index (χ0) is 29.5. The molecule has 9 heteroatoms. The number of H-pyrrole nitrogens is 1. The molecule has 4 aromatic rings. The Labute approximate surface area is 250 Å². The number of likely N-dealkylation sites (tertiary alicyclic amines) is 1. The monoisotopic (exact) mass is 581 g/mol. The molecule has 7 rings (SSSR count). The Balaban J connectivity index is 1.27. The van der Waals surface area contributed by atoms with E-state index >= 15 is 4.39 Å². The first kappa shape index (κ1) is 27.6. The first-order valence-electron chi connectivity index (χ1n) is 15.2. The maximum atomic E-state index is 15.2. The number of nitrogens with zero attached hydrogens (tertiary/aromatic N) is 2. The van der Waals surface area contributed by atoms with Gasteiger partial charge >= 0.3 is 0 Å². The molecule has 4 atom stereocenters. The highest BCUT2D eigenvalue weighted by Gasteiger charge is 2.51. The van der Waals surface area contributed by atoms with Gasteiger partial charge in [0.05, 0.1) is 48.5 Å². The molecule has 3 heterocycles. The first-order valence-corrected chi connectivity index (χ1v) is 15.2. The molecule has 0 radical (unpaired) electrons. The molecule has 0 spiro atoms. The lowest BCUT2D eigenvalue weighted by Crippen LogP contribution is -2.55. The predicted molar refractivity (Wildman–Crippen MR) is 163 cm³/mol. The second kappa shape index (κ2) is 11.4. The van der Waals surface area contributed by atoms with Gasteiger partial charge in [0.2, 0.25) is 5.91 Å². The van der Waals surface area contributed by atoms with Gasteiger partial charge in [0.1, 0.15) is 5.82 Å². The fraction of sp³-hybridized carbons (Fsp3) is 0.382. The zero-order valence-electron chi connectivity index (χ0n) is 24.2. The largest absolute Gasteiger partial charge is 0.382 e. The van der Waals surface area contributed by atoms with Crippen molar-refractivity contribution >= 4 is 34.1 Å². The number of hydrogen-bond acceptors (Lipinski definition) is 5. The fourth-order valence-corrected chi connectivity index (χ4v) is 7.27. The van der Waals surface area contributed by atoms with Crippen LogP contribution in [0.3, 0.4) is 0 Å². The number of aromatic nitrogens is 2. The fourth-order valence-electron chi connectivity index (χ4n) is 7.27. The van der Waals surface area contributed by atoms with Gasteiger partial charge in [0.15, 0.2) is 0 Å². The average molecular weight is 582 g/mol. The van der Waals surface area contributed by atoms with Crippen molar-refractivity contribution in [2.45, 2.75) is 57.2 Å². The van der Waals surface area contributed by atoms with Crippen LogP contribution in [0.5, 0.6) is 0 Å². The van der Waals surface area contributed by atoms with Crippen LogP contribution in [0.1, 0.15) is 59.6 Å². The Morgan fingerprint density at radius 3 is 2.60 bits per heavy atom. The number of benzene rings is 3. The quantitative estimate of drug-likeness (QED) is 0.251. The third-order valence-electron chi connectivity index (χ3n) is 9.45. The molecule has 3 fully saturated rings. The van der Waals surface area contributed by atoms with Crippen LogP contribution in [0.2, 0.25) is 0 Å². The van der Waals surface area contributed by atoms with E-state index in [1.807, 2.05) is 42.5 Å². The summed E-state index contributed by atoms with van der Waals surface area (Å²) in [6.45, 7) is 2.55. The van der Waals surface area contributed by atoms with Gasteiger partial charge in [0, 0.05) is 28.7 Å². The van der Waals surface area contributed by atoms with Crippen molar-refractivity contribution in [3.05, 3.63) is 89.4 Å². The van der Waals surface area contributed by atoms with Crippen LogP contribution < -0.4 is 10.6 Å². The van der Waals surface area contributed by atoms with E-state index in [1.54, 1.807) is 30.2 Å². The van der Waals surface area contributed by atoms with Gasteiger partial charge in [-0.3, -0.25) is 14.7 Å². The third-order valence-corrected chi connectivity index (χ3v) is 9.45. The molecular formula is C34H36FN5O3. The van der Waals surface area contributed by atoms with Crippen LogP contribution in [0, 0.1) is 24.6 Å². The van der Waals surface area contributed by atoms with E-state index in [-0.39, 0.29) is 23.4 Å². The maximum absolute atomic E-state index is 15.2. The second-order valence-corrected chi connectivity index (χ2v) is 12.2. The second-order valence-electron chi connectivity index (χ2n) is 12.2. The summed E-state index contributed by atoms with van der Waals surface area (Å²) < 4.78 is 21.1. The third kappa shape index (κ3) is 5.27. The lowest BCUT2D eigenvalue weighted by atomic mass is 9.76. The van der Waals surface area contributed by atoms with Crippen LogP contribution >= 0.6 is 0 Å². The zero-order valence-corrected chi connectivity index (χ0v) is 24.2. The number of hydrogen-bond donors (Lipinski definition) is 3. The normalized spacial score (nSPS) is 23.8. The van der Waals surface area contributed by atoms with E-state index in [0.717, 1.165) is 35.0 Å². The minimum Gasteiger partial charge on any atom is -0.382 e. The highest BCUT2D eigenvalue weighted by atomic mass is 19.1. The molecule has 1 aromatic heterocycles. The molecule has 2 amide bonds. The number of carbonyl (C=O) groups excluding carboxylic acids is 2. The Bertz CT molecular complexity index is 1630. The van der Waals surface area contributed by atoms with E-state index in [2.05, 4.69) is 20.8 Å². The summed E-state index contributed by atoms with van der Waals surface area (Å²) in [4.78, 5) is 30.3. The Morgan fingerprint density at radius 2 is 1.81 bits per heavy atom. The number of ether oxygens (including phenoxy) is 1.